The Morgan fingerprint density at radius 2 is 2.09 bits per heavy atom. The summed E-state index contributed by atoms with van der Waals surface area (Å²) in [5.41, 5.74) is 10.8. The van der Waals surface area contributed by atoms with Crippen molar-refractivity contribution >= 4 is 44.9 Å². The number of aromatic nitrogens is 2. The number of nitrogens with zero attached hydrogens (tertiary/aromatic N) is 3. The van der Waals surface area contributed by atoms with Crippen LogP contribution in [0.5, 0.6) is 0 Å². The summed E-state index contributed by atoms with van der Waals surface area (Å²) in [7, 11) is 0. The Kier molecular flexibility index (Phi) is 6.41. The summed E-state index contributed by atoms with van der Waals surface area (Å²) in [5, 5.41) is 2.69. The third-order valence-electron chi connectivity index (χ3n) is 6.09. The summed E-state index contributed by atoms with van der Waals surface area (Å²) in [6.07, 6.45) is 4.32. The topological polar surface area (TPSA) is 101 Å². The zero-order valence-electron chi connectivity index (χ0n) is 18.7. The van der Waals surface area contributed by atoms with E-state index in [2.05, 4.69) is 47.3 Å². The first-order chi connectivity index (χ1) is 15.3. The molecule has 0 unspecified atom stereocenters. The molecule has 3 heterocycles. The van der Waals surface area contributed by atoms with Crippen molar-refractivity contribution in [3.63, 3.8) is 0 Å². The second-order valence-electron chi connectivity index (χ2n) is 8.99. The first kappa shape index (κ1) is 22.2. The summed E-state index contributed by atoms with van der Waals surface area (Å²) in [6, 6.07) is 7.74. The molecule has 0 aliphatic carbocycles. The van der Waals surface area contributed by atoms with Gasteiger partial charge in [-0.2, -0.15) is 0 Å². The number of aryl methyl sites for hydroxylation is 1. The van der Waals surface area contributed by atoms with Crippen molar-refractivity contribution in [1.82, 2.24) is 14.9 Å². The molecule has 2 aromatic heterocycles. The van der Waals surface area contributed by atoms with E-state index >= 15 is 0 Å². The number of benzene rings is 1. The Morgan fingerprint density at radius 3 is 2.84 bits per heavy atom. The minimum Gasteiger partial charge on any atom is -0.383 e. The van der Waals surface area contributed by atoms with Gasteiger partial charge in [0.15, 0.2) is 0 Å². The van der Waals surface area contributed by atoms with E-state index in [9.17, 15) is 9.59 Å². The van der Waals surface area contributed by atoms with Crippen LogP contribution in [0.15, 0.2) is 36.0 Å². The molecule has 2 atom stereocenters. The molecule has 1 saturated heterocycles. The molecule has 0 bridgehead atoms. The number of fused-ring (bicyclic) bond motifs is 1. The van der Waals surface area contributed by atoms with Crippen LogP contribution in [0.4, 0.5) is 11.5 Å². The summed E-state index contributed by atoms with van der Waals surface area (Å²) >= 11 is 1.60. The molecule has 8 heteroatoms. The van der Waals surface area contributed by atoms with Crippen LogP contribution in [0.3, 0.4) is 0 Å². The molecule has 3 N–H and O–H groups in total. The van der Waals surface area contributed by atoms with Gasteiger partial charge < -0.3 is 16.0 Å². The lowest BCUT2D eigenvalue weighted by molar-refractivity contribution is -0.146. The Morgan fingerprint density at radius 1 is 1.28 bits per heavy atom. The van der Waals surface area contributed by atoms with E-state index in [1.54, 1.807) is 22.3 Å². The molecular weight excluding hydrogens is 422 g/mol. The van der Waals surface area contributed by atoms with Gasteiger partial charge >= 0.3 is 11.8 Å². The van der Waals surface area contributed by atoms with Crippen molar-refractivity contribution in [3.05, 3.63) is 47.1 Å². The maximum absolute atomic E-state index is 13.2. The van der Waals surface area contributed by atoms with Gasteiger partial charge in [0.05, 0.1) is 33.7 Å². The molecule has 32 heavy (non-hydrogen) atoms. The number of carbonyl (C=O) groups is 2. The molecule has 1 aliphatic rings. The zero-order chi connectivity index (χ0) is 22.8. The van der Waals surface area contributed by atoms with Crippen LogP contribution in [0.2, 0.25) is 0 Å². The lowest BCUT2D eigenvalue weighted by Gasteiger charge is -2.40. The van der Waals surface area contributed by atoms with Gasteiger partial charge in [-0.1, -0.05) is 19.9 Å². The molecule has 4 rings (SSSR count). The highest BCUT2D eigenvalue weighted by atomic mass is 32.1. The van der Waals surface area contributed by atoms with Gasteiger partial charge in [0, 0.05) is 6.54 Å². The van der Waals surface area contributed by atoms with Crippen LogP contribution in [0.25, 0.3) is 10.2 Å². The van der Waals surface area contributed by atoms with E-state index in [0.717, 1.165) is 40.6 Å². The fourth-order valence-electron chi connectivity index (χ4n) is 4.53. The predicted octanol–water partition coefficient (Wildman–Crippen LogP) is 4.55. The third-order valence-corrected chi connectivity index (χ3v) is 6.90. The largest absolute Gasteiger partial charge is 0.383 e. The molecule has 0 spiro atoms. The highest BCUT2D eigenvalue weighted by molar-refractivity contribution is 7.16. The van der Waals surface area contributed by atoms with Crippen LogP contribution in [0, 0.1) is 18.8 Å². The highest BCUT2D eigenvalue weighted by Crippen LogP contribution is 2.38. The smallest absolute Gasteiger partial charge is 0.313 e. The number of likely N-dealkylation sites (tertiary alicyclic amines) is 1. The highest BCUT2D eigenvalue weighted by Gasteiger charge is 2.35. The number of hydrogen-bond acceptors (Lipinski definition) is 6. The maximum atomic E-state index is 13.2. The molecule has 1 aliphatic heterocycles. The molecule has 3 aromatic rings. The van der Waals surface area contributed by atoms with E-state index in [-0.39, 0.29) is 6.04 Å². The average Bonchev–Trinajstić information content (AvgIpc) is 3.23. The molecule has 2 amide bonds. The molecule has 168 valence electrons. The fraction of sp³-hybridized carbons (Fsp3) is 0.417. The van der Waals surface area contributed by atoms with Crippen molar-refractivity contribution < 1.29 is 9.59 Å². The number of anilines is 2. The Hall–Kier alpha value is -3.00. The van der Waals surface area contributed by atoms with Crippen LogP contribution < -0.4 is 11.1 Å². The minimum absolute atomic E-state index is 0.150. The lowest BCUT2D eigenvalue weighted by Crippen LogP contribution is -2.46. The molecule has 0 radical (unpaired) electrons. The number of nitrogens with two attached hydrogens (primary N) is 1. The van der Waals surface area contributed by atoms with Crippen LogP contribution >= 0.6 is 11.3 Å². The summed E-state index contributed by atoms with van der Waals surface area (Å²) in [6.45, 7) is 6.82. The van der Waals surface area contributed by atoms with E-state index in [1.807, 2.05) is 12.4 Å². The summed E-state index contributed by atoms with van der Waals surface area (Å²) in [5.74, 6) is 0.332. The van der Waals surface area contributed by atoms with Gasteiger partial charge in [0.2, 0.25) is 0 Å². The SMILES string of the molecule is Cc1cc(NC(=O)C(=O)N2CC[C@H](CC(C)C)C[C@H]2c2ccc3scnc3c2)cnc1N. The summed E-state index contributed by atoms with van der Waals surface area (Å²) in [4.78, 5) is 36.3. The van der Waals surface area contributed by atoms with Crippen LogP contribution in [0.1, 0.15) is 50.3 Å². The van der Waals surface area contributed by atoms with Gasteiger partial charge in [-0.05, 0) is 67.3 Å². The molecule has 1 fully saturated rings. The predicted molar refractivity (Wildman–Crippen MR) is 128 cm³/mol. The van der Waals surface area contributed by atoms with Gasteiger partial charge in [-0.3, -0.25) is 9.59 Å². The second kappa shape index (κ2) is 9.24. The van der Waals surface area contributed by atoms with Crippen molar-refractivity contribution in [2.24, 2.45) is 11.8 Å². The number of nitrogen functional groups attached to an aromatic ring is 1. The Bertz CT molecular complexity index is 1140. The van der Waals surface area contributed by atoms with Crippen molar-refractivity contribution in [3.8, 4) is 0 Å². The first-order valence-corrected chi connectivity index (χ1v) is 11.9. The van der Waals surface area contributed by atoms with Crippen molar-refractivity contribution in [1.29, 1.82) is 0 Å². The Labute approximate surface area is 192 Å². The normalized spacial score (nSPS) is 18.8. The van der Waals surface area contributed by atoms with E-state index in [1.165, 1.54) is 6.20 Å². The van der Waals surface area contributed by atoms with Crippen LogP contribution in [-0.4, -0.2) is 33.2 Å². The number of carbonyl (C=O) groups excluding carboxylic acids is 2. The fourth-order valence-corrected chi connectivity index (χ4v) is 5.19. The lowest BCUT2D eigenvalue weighted by atomic mass is 9.82. The third kappa shape index (κ3) is 4.75. The monoisotopic (exact) mass is 451 g/mol. The Balaban J connectivity index is 1.58. The number of thiazole rings is 1. The second-order valence-corrected chi connectivity index (χ2v) is 9.88. The van der Waals surface area contributed by atoms with Gasteiger partial charge in [0.1, 0.15) is 5.82 Å². The number of piperidine rings is 1. The van der Waals surface area contributed by atoms with Crippen LogP contribution in [-0.2, 0) is 9.59 Å². The summed E-state index contributed by atoms with van der Waals surface area (Å²) < 4.78 is 1.12. The molecule has 1 aromatic carbocycles. The quantitative estimate of drug-likeness (QED) is 0.567. The number of nitrogens with one attached hydrogen (secondary N) is 1. The van der Waals surface area contributed by atoms with Crippen molar-refractivity contribution in [2.45, 2.75) is 46.1 Å². The first-order valence-electron chi connectivity index (χ1n) is 11.0. The maximum Gasteiger partial charge on any atom is 0.313 e. The number of pyridine rings is 1. The molecular formula is C24H29N5O2S. The van der Waals surface area contributed by atoms with Gasteiger partial charge in [-0.15, -0.1) is 11.3 Å². The molecule has 7 nitrogen and oxygen atoms in total. The number of amides is 2. The number of hydrogen-bond donors (Lipinski definition) is 2. The standard InChI is InChI=1S/C24H29N5O2S/c1-14(2)8-16-6-7-29(20(10-16)17-4-5-21-19(11-17)27-13-32-21)24(31)23(30)28-18-9-15(3)22(25)26-12-18/h4-5,9,11-14,16,20H,6-8,10H2,1-3H3,(H2,25,26)(H,28,30)/t16-,20+/m1/s1. The minimum atomic E-state index is -0.655. The van der Waals surface area contributed by atoms with Gasteiger partial charge in [-0.25, -0.2) is 9.97 Å². The van der Waals surface area contributed by atoms with Gasteiger partial charge in [0.25, 0.3) is 0 Å². The van der Waals surface area contributed by atoms with Crippen molar-refractivity contribution in [2.75, 3.05) is 17.6 Å². The zero-order valence-corrected chi connectivity index (χ0v) is 19.5. The average molecular weight is 452 g/mol. The van der Waals surface area contributed by atoms with E-state index in [4.69, 9.17) is 5.73 Å². The molecule has 0 saturated carbocycles. The van der Waals surface area contributed by atoms with E-state index in [0.29, 0.717) is 29.9 Å². The van der Waals surface area contributed by atoms with E-state index < -0.39 is 11.8 Å². The number of rotatable bonds is 4.